The van der Waals surface area contributed by atoms with Crippen molar-refractivity contribution in [3.63, 3.8) is 0 Å². The minimum absolute atomic E-state index is 0.565. The van der Waals surface area contributed by atoms with Crippen molar-refractivity contribution in [3.05, 3.63) is 35.4 Å². The first kappa shape index (κ1) is 13.2. The largest absolute Gasteiger partial charge is 0.0648 e. The zero-order valence-electron chi connectivity index (χ0n) is 12.7. The minimum atomic E-state index is 0.565. The second-order valence-corrected chi connectivity index (χ2v) is 7.52. The number of benzene rings is 1. The van der Waals surface area contributed by atoms with Crippen molar-refractivity contribution in [2.45, 2.75) is 71.6 Å². The summed E-state index contributed by atoms with van der Waals surface area (Å²) < 4.78 is 0. The molecule has 1 fully saturated rings. The van der Waals surface area contributed by atoms with E-state index in [-0.39, 0.29) is 0 Å². The second kappa shape index (κ2) is 4.96. The molecule has 0 radical (unpaired) electrons. The number of fused-ring (bicyclic) bond motifs is 1. The van der Waals surface area contributed by atoms with E-state index in [1.54, 1.807) is 11.1 Å². The molecule has 0 N–H and O–H groups in total. The molecule has 1 aromatic carbocycles. The first-order chi connectivity index (χ1) is 9.15. The highest BCUT2D eigenvalue weighted by Crippen LogP contribution is 2.51. The first-order valence-corrected chi connectivity index (χ1v) is 8.22. The van der Waals surface area contributed by atoms with Gasteiger partial charge in [0, 0.05) is 0 Å². The van der Waals surface area contributed by atoms with Crippen molar-refractivity contribution in [1.82, 2.24) is 0 Å². The Morgan fingerprint density at radius 3 is 2.05 bits per heavy atom. The molecule has 0 spiro atoms. The predicted molar refractivity (Wildman–Crippen MR) is 82.4 cm³/mol. The number of rotatable bonds is 3. The summed E-state index contributed by atoms with van der Waals surface area (Å²) in [5.41, 5.74) is 4.44. The van der Waals surface area contributed by atoms with Crippen molar-refractivity contribution in [2.75, 3.05) is 0 Å². The fraction of sp³-hybridized carbons (Fsp3) is 0.684. The van der Waals surface area contributed by atoms with E-state index in [0.29, 0.717) is 10.8 Å². The molecule has 3 rings (SSSR count). The molecule has 1 aromatic rings. The quantitative estimate of drug-likeness (QED) is 0.666. The van der Waals surface area contributed by atoms with Gasteiger partial charge in [0.2, 0.25) is 0 Å². The van der Waals surface area contributed by atoms with Crippen LogP contribution < -0.4 is 0 Å². The summed E-state index contributed by atoms with van der Waals surface area (Å²) in [6, 6.07) is 9.14. The van der Waals surface area contributed by atoms with Crippen LogP contribution in [0, 0.1) is 10.8 Å². The highest BCUT2D eigenvalue weighted by atomic mass is 14.5. The lowest BCUT2D eigenvalue weighted by atomic mass is 9.63. The van der Waals surface area contributed by atoms with Crippen LogP contribution in [0.1, 0.15) is 69.9 Å². The fourth-order valence-electron chi connectivity index (χ4n) is 4.76. The van der Waals surface area contributed by atoms with Crippen LogP contribution in [0.15, 0.2) is 24.3 Å². The maximum absolute atomic E-state index is 2.56. The van der Waals surface area contributed by atoms with E-state index in [0.717, 1.165) is 0 Å². The van der Waals surface area contributed by atoms with Crippen LogP contribution in [-0.2, 0) is 12.8 Å². The third-order valence-corrected chi connectivity index (χ3v) is 5.86. The molecule has 0 aromatic heterocycles. The maximum atomic E-state index is 2.56. The summed E-state index contributed by atoms with van der Waals surface area (Å²) in [5.74, 6) is 0. The van der Waals surface area contributed by atoms with Gasteiger partial charge in [-0.05, 0) is 60.5 Å². The molecular weight excluding hydrogens is 228 g/mol. The summed E-state index contributed by atoms with van der Waals surface area (Å²) in [7, 11) is 0. The molecule has 0 unspecified atom stereocenters. The van der Waals surface area contributed by atoms with Crippen LogP contribution in [-0.4, -0.2) is 0 Å². The predicted octanol–water partition coefficient (Wildman–Crippen LogP) is 5.54. The van der Waals surface area contributed by atoms with Gasteiger partial charge in [-0.15, -0.1) is 0 Å². The van der Waals surface area contributed by atoms with Gasteiger partial charge < -0.3 is 0 Å². The Hall–Kier alpha value is -0.780. The van der Waals surface area contributed by atoms with Gasteiger partial charge >= 0.3 is 0 Å². The second-order valence-electron chi connectivity index (χ2n) is 7.52. The summed E-state index contributed by atoms with van der Waals surface area (Å²) in [5, 5.41) is 0. The van der Waals surface area contributed by atoms with Crippen molar-refractivity contribution in [2.24, 2.45) is 10.8 Å². The van der Waals surface area contributed by atoms with E-state index in [2.05, 4.69) is 38.1 Å². The number of hydrogen-bond acceptors (Lipinski definition) is 0. The van der Waals surface area contributed by atoms with Crippen molar-refractivity contribution in [1.29, 1.82) is 0 Å². The Morgan fingerprint density at radius 1 is 0.947 bits per heavy atom. The van der Waals surface area contributed by atoms with Crippen molar-refractivity contribution >= 4 is 0 Å². The van der Waals surface area contributed by atoms with E-state index in [1.807, 2.05) is 0 Å². The molecule has 0 amide bonds. The van der Waals surface area contributed by atoms with E-state index >= 15 is 0 Å². The van der Waals surface area contributed by atoms with Crippen molar-refractivity contribution < 1.29 is 0 Å². The molecule has 1 saturated carbocycles. The molecule has 2 aliphatic rings. The van der Waals surface area contributed by atoms with Crippen LogP contribution in [0.3, 0.4) is 0 Å². The number of hydrogen-bond donors (Lipinski definition) is 0. The summed E-state index contributed by atoms with van der Waals surface area (Å²) >= 11 is 0. The molecule has 0 heterocycles. The Bertz CT molecular complexity index is 412. The SMILES string of the molecule is CCC1(CC2(C)CCCCC2)Cc2ccccc2C1. The molecule has 0 bridgehead atoms. The topological polar surface area (TPSA) is 0 Å². The highest BCUT2D eigenvalue weighted by Gasteiger charge is 2.41. The van der Waals surface area contributed by atoms with Gasteiger partial charge in [-0.2, -0.15) is 0 Å². The Labute approximate surface area is 118 Å². The summed E-state index contributed by atoms with van der Waals surface area (Å²) in [6.45, 7) is 4.98. The Kier molecular flexibility index (Phi) is 3.45. The lowest BCUT2D eigenvalue weighted by Crippen LogP contribution is -2.32. The van der Waals surface area contributed by atoms with Gasteiger partial charge in [-0.1, -0.05) is 57.4 Å². The normalized spacial score (nSPS) is 24.1. The Balaban J connectivity index is 1.79. The molecule has 19 heavy (non-hydrogen) atoms. The molecular formula is C19H28. The molecule has 0 saturated heterocycles. The molecule has 0 heteroatoms. The molecule has 0 atom stereocenters. The van der Waals surface area contributed by atoms with Crippen LogP contribution in [0.4, 0.5) is 0 Å². The van der Waals surface area contributed by atoms with Gasteiger partial charge in [0.1, 0.15) is 0 Å². The minimum Gasteiger partial charge on any atom is -0.0648 e. The van der Waals surface area contributed by atoms with Gasteiger partial charge in [-0.25, -0.2) is 0 Å². The zero-order chi connectivity index (χ0) is 13.3. The molecule has 0 aliphatic heterocycles. The molecule has 104 valence electrons. The lowest BCUT2D eigenvalue weighted by molar-refractivity contribution is 0.103. The van der Waals surface area contributed by atoms with Crippen molar-refractivity contribution in [3.8, 4) is 0 Å². The smallest absolute Gasteiger partial charge is 0.0214 e. The zero-order valence-corrected chi connectivity index (χ0v) is 12.7. The van der Waals surface area contributed by atoms with Crippen LogP contribution in [0.25, 0.3) is 0 Å². The first-order valence-electron chi connectivity index (χ1n) is 8.22. The van der Waals surface area contributed by atoms with Gasteiger partial charge in [0.25, 0.3) is 0 Å². The third-order valence-electron chi connectivity index (χ3n) is 5.86. The van der Waals surface area contributed by atoms with E-state index in [9.17, 15) is 0 Å². The lowest BCUT2D eigenvalue weighted by Gasteiger charge is -2.41. The van der Waals surface area contributed by atoms with E-state index in [4.69, 9.17) is 0 Å². The van der Waals surface area contributed by atoms with E-state index in [1.165, 1.54) is 57.8 Å². The van der Waals surface area contributed by atoms with Gasteiger partial charge in [0.15, 0.2) is 0 Å². The Morgan fingerprint density at radius 2 is 1.53 bits per heavy atom. The average molecular weight is 256 g/mol. The summed E-state index contributed by atoms with van der Waals surface area (Å²) in [6.07, 6.45) is 12.8. The third kappa shape index (κ3) is 2.59. The standard InChI is InChI=1S/C19H28/c1-3-19(15-18(2)11-7-4-8-12-18)13-16-9-5-6-10-17(16)14-19/h5-6,9-10H,3-4,7-8,11-15H2,1-2H3. The van der Waals surface area contributed by atoms with E-state index < -0.39 is 0 Å². The van der Waals surface area contributed by atoms with Crippen LogP contribution in [0.5, 0.6) is 0 Å². The highest BCUT2D eigenvalue weighted by molar-refractivity contribution is 5.34. The van der Waals surface area contributed by atoms with Crippen LogP contribution in [0.2, 0.25) is 0 Å². The monoisotopic (exact) mass is 256 g/mol. The van der Waals surface area contributed by atoms with Gasteiger partial charge in [-0.3, -0.25) is 0 Å². The molecule has 0 nitrogen and oxygen atoms in total. The summed E-state index contributed by atoms with van der Waals surface area (Å²) in [4.78, 5) is 0. The maximum Gasteiger partial charge on any atom is -0.0214 e. The van der Waals surface area contributed by atoms with Gasteiger partial charge in [0.05, 0.1) is 0 Å². The van der Waals surface area contributed by atoms with Crippen LogP contribution >= 0.6 is 0 Å². The average Bonchev–Trinajstić information content (AvgIpc) is 2.77. The molecule has 2 aliphatic carbocycles. The fourth-order valence-corrected chi connectivity index (χ4v) is 4.76.